The minimum Gasteiger partial charge on any atom is -0.481 e. The lowest BCUT2D eigenvalue weighted by Gasteiger charge is -2.48. The zero-order valence-electron chi connectivity index (χ0n) is 11.5. The summed E-state index contributed by atoms with van der Waals surface area (Å²) in [6, 6.07) is 0. The number of aliphatic hydroxyl groups is 1. The van der Waals surface area contributed by atoms with E-state index in [0.29, 0.717) is 18.8 Å². The molecule has 0 aliphatic heterocycles. The first-order valence-electron chi connectivity index (χ1n) is 6.73. The number of rotatable bonds is 4. The predicted molar refractivity (Wildman–Crippen MR) is 67.8 cm³/mol. The van der Waals surface area contributed by atoms with Crippen molar-refractivity contribution in [1.29, 1.82) is 0 Å². The minimum atomic E-state index is -1.04. The van der Waals surface area contributed by atoms with Gasteiger partial charge in [-0.2, -0.15) is 0 Å². The van der Waals surface area contributed by atoms with E-state index in [-0.39, 0.29) is 5.92 Å². The van der Waals surface area contributed by atoms with Crippen LogP contribution in [-0.2, 0) is 4.79 Å². The van der Waals surface area contributed by atoms with Crippen LogP contribution in [0.25, 0.3) is 0 Å². The van der Waals surface area contributed by atoms with Crippen LogP contribution in [0, 0.1) is 17.3 Å². The van der Waals surface area contributed by atoms with Crippen LogP contribution in [0.1, 0.15) is 59.8 Å². The quantitative estimate of drug-likeness (QED) is 0.796. The van der Waals surface area contributed by atoms with Gasteiger partial charge < -0.3 is 10.2 Å². The van der Waals surface area contributed by atoms with E-state index >= 15 is 0 Å². The summed E-state index contributed by atoms with van der Waals surface area (Å²) in [5.74, 6) is -0.284. The fourth-order valence-electron chi connectivity index (χ4n) is 3.07. The molecule has 0 amide bonds. The lowest BCUT2D eigenvalue weighted by molar-refractivity contribution is -0.181. The summed E-state index contributed by atoms with van der Waals surface area (Å²) in [4.78, 5) is 11.6. The van der Waals surface area contributed by atoms with Gasteiger partial charge in [-0.1, -0.05) is 27.2 Å². The normalized spacial score (nSPS) is 33.4. The highest BCUT2D eigenvalue weighted by atomic mass is 16.4. The van der Waals surface area contributed by atoms with Gasteiger partial charge in [0, 0.05) is 0 Å². The number of aliphatic carboxylic acids is 1. The van der Waals surface area contributed by atoms with Crippen molar-refractivity contribution in [2.75, 3.05) is 0 Å². The SMILES string of the molecule is CCC1CCC(O)(C(C)(C(=O)O)C(C)C)CC1. The summed E-state index contributed by atoms with van der Waals surface area (Å²) >= 11 is 0. The smallest absolute Gasteiger partial charge is 0.312 e. The van der Waals surface area contributed by atoms with Crippen LogP contribution in [0.4, 0.5) is 0 Å². The van der Waals surface area contributed by atoms with Gasteiger partial charge in [-0.3, -0.25) is 4.79 Å². The van der Waals surface area contributed by atoms with Crippen molar-refractivity contribution in [3.05, 3.63) is 0 Å². The molecule has 3 heteroatoms. The highest BCUT2D eigenvalue weighted by Gasteiger charge is 2.55. The number of hydrogen-bond donors (Lipinski definition) is 2. The van der Waals surface area contributed by atoms with Gasteiger partial charge in [0.15, 0.2) is 0 Å². The summed E-state index contributed by atoms with van der Waals surface area (Å²) in [5.41, 5.74) is -2.08. The molecule has 0 heterocycles. The topological polar surface area (TPSA) is 57.5 Å². The second-order valence-corrected chi connectivity index (χ2v) is 6.05. The Bertz CT molecular complexity index is 277. The molecule has 0 spiro atoms. The van der Waals surface area contributed by atoms with Crippen LogP contribution in [0.3, 0.4) is 0 Å². The molecule has 1 atom stereocenters. The van der Waals surface area contributed by atoms with Crippen molar-refractivity contribution < 1.29 is 15.0 Å². The van der Waals surface area contributed by atoms with Crippen molar-refractivity contribution in [1.82, 2.24) is 0 Å². The van der Waals surface area contributed by atoms with Crippen molar-refractivity contribution in [3.63, 3.8) is 0 Å². The summed E-state index contributed by atoms with van der Waals surface area (Å²) in [7, 11) is 0. The third-order valence-corrected chi connectivity index (χ3v) is 5.08. The Kier molecular flexibility index (Phi) is 4.23. The van der Waals surface area contributed by atoms with E-state index in [4.69, 9.17) is 0 Å². The monoisotopic (exact) mass is 242 g/mol. The molecule has 2 N–H and O–H groups in total. The maximum atomic E-state index is 11.6. The van der Waals surface area contributed by atoms with Gasteiger partial charge in [-0.15, -0.1) is 0 Å². The molecule has 1 aliphatic carbocycles. The van der Waals surface area contributed by atoms with Crippen LogP contribution in [0.15, 0.2) is 0 Å². The van der Waals surface area contributed by atoms with Crippen LogP contribution in [0.2, 0.25) is 0 Å². The van der Waals surface area contributed by atoms with Gasteiger partial charge in [0.2, 0.25) is 0 Å². The highest BCUT2D eigenvalue weighted by molar-refractivity contribution is 5.76. The molecule has 3 nitrogen and oxygen atoms in total. The fourth-order valence-corrected chi connectivity index (χ4v) is 3.07. The second-order valence-electron chi connectivity index (χ2n) is 6.05. The third kappa shape index (κ3) is 2.35. The molecular formula is C14H26O3. The number of carbonyl (C=O) groups is 1. The maximum Gasteiger partial charge on any atom is 0.312 e. The van der Waals surface area contributed by atoms with Crippen molar-refractivity contribution in [2.45, 2.75) is 65.4 Å². The summed E-state index contributed by atoms with van der Waals surface area (Å²) in [6.07, 6.45) is 4.26. The second kappa shape index (κ2) is 4.97. The van der Waals surface area contributed by atoms with E-state index in [1.54, 1.807) is 6.92 Å². The molecule has 100 valence electrons. The molecule has 1 rings (SSSR count). The molecule has 0 aromatic rings. The molecule has 0 radical (unpaired) electrons. The van der Waals surface area contributed by atoms with Crippen LogP contribution in [-0.4, -0.2) is 21.8 Å². The van der Waals surface area contributed by atoms with Crippen LogP contribution < -0.4 is 0 Å². The van der Waals surface area contributed by atoms with Gasteiger partial charge >= 0.3 is 5.97 Å². The Morgan fingerprint density at radius 3 is 2.18 bits per heavy atom. The molecule has 0 bridgehead atoms. The lowest BCUT2D eigenvalue weighted by atomic mass is 9.59. The number of carboxylic acids is 1. The van der Waals surface area contributed by atoms with Crippen molar-refractivity contribution >= 4 is 5.97 Å². The van der Waals surface area contributed by atoms with E-state index in [2.05, 4.69) is 6.92 Å². The zero-order chi connectivity index (χ0) is 13.3. The lowest BCUT2D eigenvalue weighted by Crippen LogP contribution is -2.56. The molecule has 1 unspecified atom stereocenters. The molecule has 0 aromatic carbocycles. The van der Waals surface area contributed by atoms with E-state index in [0.717, 1.165) is 19.3 Å². The average molecular weight is 242 g/mol. The van der Waals surface area contributed by atoms with Crippen molar-refractivity contribution in [2.24, 2.45) is 17.3 Å². The molecule has 0 aromatic heterocycles. The Hall–Kier alpha value is -0.570. The first-order valence-corrected chi connectivity index (χ1v) is 6.73. The summed E-state index contributed by atoms with van der Waals surface area (Å²) < 4.78 is 0. The Labute approximate surface area is 104 Å². The Balaban J connectivity index is 2.92. The molecule has 17 heavy (non-hydrogen) atoms. The van der Waals surface area contributed by atoms with Gasteiger partial charge in [-0.25, -0.2) is 0 Å². The predicted octanol–water partition coefficient (Wildman–Crippen LogP) is 3.06. The van der Waals surface area contributed by atoms with E-state index < -0.39 is 17.0 Å². The largest absolute Gasteiger partial charge is 0.481 e. The maximum absolute atomic E-state index is 11.6. The standard InChI is InChI=1S/C14H26O3/c1-5-11-6-8-14(17,9-7-11)13(4,10(2)3)12(15)16/h10-11,17H,5-9H2,1-4H3,(H,15,16). The zero-order valence-corrected chi connectivity index (χ0v) is 11.5. The Morgan fingerprint density at radius 2 is 1.88 bits per heavy atom. The highest BCUT2D eigenvalue weighted by Crippen LogP contribution is 2.48. The van der Waals surface area contributed by atoms with Gasteiger partial charge in [0.1, 0.15) is 0 Å². The molecular weight excluding hydrogens is 216 g/mol. The summed E-state index contributed by atoms with van der Waals surface area (Å²) in [6.45, 7) is 7.64. The number of hydrogen-bond acceptors (Lipinski definition) is 2. The van der Waals surface area contributed by atoms with E-state index in [9.17, 15) is 15.0 Å². The van der Waals surface area contributed by atoms with Crippen LogP contribution in [0.5, 0.6) is 0 Å². The molecule has 1 fully saturated rings. The average Bonchev–Trinajstić information content (AvgIpc) is 2.28. The first-order chi connectivity index (χ1) is 7.78. The minimum absolute atomic E-state index is 0.0665. The summed E-state index contributed by atoms with van der Waals surface area (Å²) in [5, 5.41) is 20.2. The van der Waals surface area contributed by atoms with Crippen molar-refractivity contribution in [3.8, 4) is 0 Å². The number of carboxylic acid groups (broad SMARTS) is 1. The van der Waals surface area contributed by atoms with Gasteiger partial charge in [0.05, 0.1) is 11.0 Å². The first kappa shape index (κ1) is 14.5. The third-order valence-electron chi connectivity index (χ3n) is 5.08. The Morgan fingerprint density at radius 1 is 1.41 bits per heavy atom. The molecule has 1 saturated carbocycles. The molecule has 0 saturated heterocycles. The molecule has 1 aliphatic rings. The van der Waals surface area contributed by atoms with Gasteiger partial charge in [-0.05, 0) is 44.4 Å². The van der Waals surface area contributed by atoms with E-state index in [1.165, 1.54) is 0 Å². The van der Waals surface area contributed by atoms with Crippen LogP contribution >= 0.6 is 0 Å². The van der Waals surface area contributed by atoms with Gasteiger partial charge in [0.25, 0.3) is 0 Å². The fraction of sp³-hybridized carbons (Fsp3) is 0.929. The van der Waals surface area contributed by atoms with E-state index in [1.807, 2.05) is 13.8 Å².